The van der Waals surface area contributed by atoms with Crippen molar-refractivity contribution in [2.24, 2.45) is 5.92 Å². The second kappa shape index (κ2) is 9.26. The highest BCUT2D eigenvalue weighted by Gasteiger charge is 2.28. The number of carbonyl (C=O) groups is 2. The summed E-state index contributed by atoms with van der Waals surface area (Å²) in [4.78, 5) is 33.3. The van der Waals surface area contributed by atoms with Crippen molar-refractivity contribution in [2.75, 3.05) is 51.3 Å². The normalized spacial score (nSPS) is 19.0. The van der Waals surface area contributed by atoms with Crippen molar-refractivity contribution < 1.29 is 14.3 Å². The molecule has 2 amide bonds. The fourth-order valence-corrected chi connectivity index (χ4v) is 3.95. The van der Waals surface area contributed by atoms with Gasteiger partial charge in [0.1, 0.15) is 0 Å². The number of carbonyl (C=O) groups excluding carboxylic acids is 2. The molecule has 1 N–H and O–H groups in total. The van der Waals surface area contributed by atoms with Gasteiger partial charge in [-0.15, -0.1) is 11.3 Å². The van der Waals surface area contributed by atoms with Crippen LogP contribution >= 0.6 is 11.3 Å². The van der Waals surface area contributed by atoms with E-state index in [1.54, 1.807) is 11.1 Å². The van der Waals surface area contributed by atoms with Crippen molar-refractivity contribution in [3.63, 3.8) is 0 Å². The van der Waals surface area contributed by atoms with Crippen LogP contribution in [0.3, 0.4) is 0 Å². The highest BCUT2D eigenvalue weighted by Crippen LogP contribution is 2.26. The lowest BCUT2D eigenvalue weighted by atomic mass is 10.1. The van der Waals surface area contributed by atoms with Crippen molar-refractivity contribution in [1.82, 2.24) is 14.8 Å². The smallest absolute Gasteiger partial charge is 0.245 e. The standard InChI is InChI=1S/C17H26N4O3S/c22-15(19-17-18-5-12-25-17)13-21(16(23)14-3-1-2-4-14)7-6-20-8-10-24-11-9-20/h5,12,14H,1-4,6-11,13H2,(H,18,19,22). The quantitative estimate of drug-likeness (QED) is 0.790. The molecule has 3 rings (SSSR count). The summed E-state index contributed by atoms with van der Waals surface area (Å²) >= 11 is 1.38. The minimum absolute atomic E-state index is 0.0809. The molecule has 1 saturated carbocycles. The predicted molar refractivity (Wildman–Crippen MR) is 96.5 cm³/mol. The Hall–Kier alpha value is -1.51. The summed E-state index contributed by atoms with van der Waals surface area (Å²) in [5.74, 6) is 0.0284. The van der Waals surface area contributed by atoms with Crippen LogP contribution in [0.2, 0.25) is 0 Å². The number of thiazole rings is 1. The first-order valence-corrected chi connectivity index (χ1v) is 9.88. The molecule has 0 radical (unpaired) electrons. The third-order valence-electron chi connectivity index (χ3n) is 4.82. The van der Waals surface area contributed by atoms with E-state index in [-0.39, 0.29) is 24.3 Å². The maximum absolute atomic E-state index is 12.8. The van der Waals surface area contributed by atoms with E-state index in [0.29, 0.717) is 11.7 Å². The van der Waals surface area contributed by atoms with Crippen molar-refractivity contribution in [3.8, 4) is 0 Å². The van der Waals surface area contributed by atoms with Gasteiger partial charge in [-0.2, -0.15) is 0 Å². The van der Waals surface area contributed by atoms with Gasteiger partial charge in [0.2, 0.25) is 11.8 Å². The third kappa shape index (κ3) is 5.49. The maximum Gasteiger partial charge on any atom is 0.245 e. The maximum atomic E-state index is 12.8. The Morgan fingerprint density at radius 1 is 1.32 bits per heavy atom. The van der Waals surface area contributed by atoms with Gasteiger partial charge in [0.05, 0.1) is 19.8 Å². The molecule has 1 aromatic rings. The van der Waals surface area contributed by atoms with Crippen LogP contribution < -0.4 is 5.32 Å². The Bertz CT molecular complexity index is 554. The molecule has 0 bridgehead atoms. The first-order chi connectivity index (χ1) is 12.2. The Morgan fingerprint density at radius 3 is 2.76 bits per heavy atom. The Balaban J connectivity index is 1.56. The first-order valence-electron chi connectivity index (χ1n) is 9.00. The lowest BCUT2D eigenvalue weighted by Crippen LogP contribution is -2.46. The van der Waals surface area contributed by atoms with E-state index in [1.807, 2.05) is 5.38 Å². The number of anilines is 1. The van der Waals surface area contributed by atoms with E-state index in [1.165, 1.54) is 11.3 Å². The molecule has 0 unspecified atom stereocenters. The number of nitrogens with one attached hydrogen (secondary N) is 1. The van der Waals surface area contributed by atoms with Gasteiger partial charge in [0.15, 0.2) is 5.13 Å². The molecule has 1 saturated heterocycles. The number of amides is 2. The van der Waals surface area contributed by atoms with Gasteiger partial charge >= 0.3 is 0 Å². The molecule has 0 aromatic carbocycles. The van der Waals surface area contributed by atoms with Crippen molar-refractivity contribution in [1.29, 1.82) is 0 Å². The van der Waals surface area contributed by atoms with Crippen LogP contribution in [-0.2, 0) is 14.3 Å². The summed E-state index contributed by atoms with van der Waals surface area (Å²) in [6.45, 7) is 4.71. The number of rotatable bonds is 7. The lowest BCUT2D eigenvalue weighted by molar-refractivity contribution is -0.138. The van der Waals surface area contributed by atoms with E-state index in [4.69, 9.17) is 4.74 Å². The number of hydrogen-bond donors (Lipinski definition) is 1. The van der Waals surface area contributed by atoms with Gasteiger partial charge < -0.3 is 15.0 Å². The van der Waals surface area contributed by atoms with Gasteiger partial charge in [-0.05, 0) is 12.8 Å². The van der Waals surface area contributed by atoms with Crippen LogP contribution in [0.4, 0.5) is 5.13 Å². The zero-order chi connectivity index (χ0) is 17.5. The highest BCUT2D eigenvalue weighted by atomic mass is 32.1. The van der Waals surface area contributed by atoms with Crippen molar-refractivity contribution in [3.05, 3.63) is 11.6 Å². The zero-order valence-corrected chi connectivity index (χ0v) is 15.3. The molecule has 25 heavy (non-hydrogen) atoms. The molecule has 138 valence electrons. The van der Waals surface area contributed by atoms with E-state index in [9.17, 15) is 9.59 Å². The zero-order valence-electron chi connectivity index (χ0n) is 14.5. The van der Waals surface area contributed by atoms with Gasteiger partial charge in [0.25, 0.3) is 0 Å². The summed E-state index contributed by atoms with van der Waals surface area (Å²) in [5, 5.41) is 5.17. The fourth-order valence-electron chi connectivity index (χ4n) is 3.40. The number of morpholine rings is 1. The van der Waals surface area contributed by atoms with Gasteiger partial charge in [0, 0.05) is 43.7 Å². The largest absolute Gasteiger partial charge is 0.379 e. The molecule has 1 aromatic heterocycles. The number of hydrogen-bond acceptors (Lipinski definition) is 6. The van der Waals surface area contributed by atoms with E-state index >= 15 is 0 Å². The molecule has 1 aliphatic carbocycles. The number of aromatic nitrogens is 1. The summed E-state index contributed by atoms with van der Waals surface area (Å²) in [6, 6.07) is 0. The summed E-state index contributed by atoms with van der Waals surface area (Å²) in [5.41, 5.74) is 0. The molecule has 1 aliphatic heterocycles. The second-order valence-corrected chi connectivity index (χ2v) is 7.48. The average Bonchev–Trinajstić information content (AvgIpc) is 3.32. The molecule has 2 aliphatic rings. The predicted octanol–water partition coefficient (Wildman–Crippen LogP) is 1.43. The molecule has 2 fully saturated rings. The van der Waals surface area contributed by atoms with E-state index < -0.39 is 0 Å². The molecule has 0 atom stereocenters. The van der Waals surface area contributed by atoms with Crippen LogP contribution in [-0.4, -0.2) is 72.5 Å². The van der Waals surface area contributed by atoms with Crippen LogP contribution in [0.25, 0.3) is 0 Å². The minimum atomic E-state index is -0.178. The Labute approximate surface area is 152 Å². The van der Waals surface area contributed by atoms with Gasteiger partial charge in [-0.25, -0.2) is 4.98 Å². The second-order valence-electron chi connectivity index (χ2n) is 6.58. The average molecular weight is 366 g/mol. The van der Waals surface area contributed by atoms with Gasteiger partial charge in [-0.3, -0.25) is 14.5 Å². The minimum Gasteiger partial charge on any atom is -0.379 e. The molecule has 7 nitrogen and oxygen atoms in total. The van der Waals surface area contributed by atoms with Crippen LogP contribution in [0, 0.1) is 5.92 Å². The topological polar surface area (TPSA) is 74.8 Å². The van der Waals surface area contributed by atoms with Crippen molar-refractivity contribution in [2.45, 2.75) is 25.7 Å². The molecule has 8 heteroatoms. The Kier molecular flexibility index (Phi) is 6.77. The van der Waals surface area contributed by atoms with Crippen LogP contribution in [0.1, 0.15) is 25.7 Å². The van der Waals surface area contributed by atoms with Crippen molar-refractivity contribution >= 4 is 28.3 Å². The number of nitrogens with zero attached hydrogens (tertiary/aromatic N) is 3. The monoisotopic (exact) mass is 366 g/mol. The molecule has 2 heterocycles. The highest BCUT2D eigenvalue weighted by molar-refractivity contribution is 7.13. The summed E-state index contributed by atoms with van der Waals surface area (Å²) in [6.07, 6.45) is 5.76. The molecule has 0 spiro atoms. The van der Waals surface area contributed by atoms with E-state index in [0.717, 1.165) is 58.5 Å². The van der Waals surface area contributed by atoms with Crippen LogP contribution in [0.15, 0.2) is 11.6 Å². The molecular weight excluding hydrogens is 340 g/mol. The fraction of sp³-hybridized carbons (Fsp3) is 0.706. The first kappa shape index (κ1) is 18.3. The van der Waals surface area contributed by atoms with Crippen LogP contribution in [0.5, 0.6) is 0 Å². The molecular formula is C17H26N4O3S. The van der Waals surface area contributed by atoms with E-state index in [2.05, 4.69) is 15.2 Å². The SMILES string of the molecule is O=C(CN(CCN1CCOCC1)C(=O)C1CCCC1)Nc1nccs1. The third-order valence-corrected chi connectivity index (χ3v) is 5.51. The Morgan fingerprint density at radius 2 is 2.08 bits per heavy atom. The summed E-state index contributed by atoms with van der Waals surface area (Å²) in [7, 11) is 0. The van der Waals surface area contributed by atoms with Gasteiger partial charge in [-0.1, -0.05) is 12.8 Å². The number of ether oxygens (including phenoxy) is 1. The summed E-state index contributed by atoms with van der Waals surface area (Å²) < 4.78 is 5.37. The lowest BCUT2D eigenvalue weighted by Gasteiger charge is -2.31.